The molecule has 0 aromatic heterocycles. The van der Waals surface area contributed by atoms with Gasteiger partial charge in [0.1, 0.15) is 11.6 Å². The van der Waals surface area contributed by atoms with E-state index in [1.165, 1.54) is 12.1 Å². The molecule has 0 bridgehead atoms. The molecular weight excluding hydrogens is 273 g/mol. The van der Waals surface area contributed by atoms with E-state index in [1.54, 1.807) is 12.1 Å². The van der Waals surface area contributed by atoms with Crippen LogP contribution in [0.1, 0.15) is 16.7 Å². The summed E-state index contributed by atoms with van der Waals surface area (Å²) >= 11 is 0. The van der Waals surface area contributed by atoms with Gasteiger partial charge in [0.05, 0.1) is 0 Å². The number of phenols is 1. The molecule has 0 heterocycles. The lowest BCUT2D eigenvalue weighted by Crippen LogP contribution is -2.13. The third-order valence-corrected chi connectivity index (χ3v) is 3.16. The van der Waals surface area contributed by atoms with Crippen LogP contribution in [0.3, 0.4) is 0 Å². The fourth-order valence-corrected chi connectivity index (χ4v) is 1.91. The summed E-state index contributed by atoms with van der Waals surface area (Å²) < 4.78 is 12.9. The lowest BCUT2D eigenvalue weighted by Gasteiger charge is -2.12. The number of halogens is 1. The highest BCUT2D eigenvalue weighted by Gasteiger charge is 2.06. The zero-order valence-electron chi connectivity index (χ0n) is 11.5. The number of nitrogens with one attached hydrogen (secondary N) is 1. The first-order valence-corrected chi connectivity index (χ1v) is 6.31. The van der Waals surface area contributed by atoms with Crippen LogP contribution in [0.15, 0.2) is 41.6 Å². The molecule has 5 N–H and O–H groups in total. The lowest BCUT2D eigenvalue weighted by molar-refractivity contribution is 0.318. The average molecular weight is 289 g/mol. The summed E-state index contributed by atoms with van der Waals surface area (Å²) in [4.78, 5) is 0. The van der Waals surface area contributed by atoms with E-state index in [-0.39, 0.29) is 11.6 Å². The van der Waals surface area contributed by atoms with Crippen LogP contribution in [0.4, 0.5) is 10.1 Å². The number of nitrogens with two attached hydrogens (primary N) is 1. The molecule has 0 fully saturated rings. The van der Waals surface area contributed by atoms with Crippen molar-refractivity contribution in [1.82, 2.24) is 0 Å². The third kappa shape index (κ3) is 3.42. The van der Waals surface area contributed by atoms with Crippen molar-refractivity contribution in [3.63, 3.8) is 0 Å². The monoisotopic (exact) mass is 289 g/mol. The normalized spacial score (nSPS) is 11.4. The second-order valence-corrected chi connectivity index (χ2v) is 4.64. The minimum Gasteiger partial charge on any atom is -0.507 e. The molecule has 0 spiro atoms. The van der Waals surface area contributed by atoms with E-state index in [2.05, 4.69) is 10.5 Å². The first-order valence-electron chi connectivity index (χ1n) is 6.31. The maximum absolute atomic E-state index is 12.9. The van der Waals surface area contributed by atoms with Crippen LogP contribution < -0.4 is 11.1 Å². The number of benzene rings is 2. The Morgan fingerprint density at radius 3 is 2.71 bits per heavy atom. The molecule has 110 valence electrons. The SMILES string of the molecule is Cc1ccc(C(N)=NO)cc1NCc1ccc(F)cc1O. The first-order chi connectivity index (χ1) is 10.0. The van der Waals surface area contributed by atoms with E-state index in [0.717, 1.165) is 17.3 Å². The van der Waals surface area contributed by atoms with E-state index < -0.39 is 5.82 Å². The molecule has 0 amide bonds. The number of amidine groups is 1. The van der Waals surface area contributed by atoms with Crippen molar-refractivity contribution in [3.8, 4) is 5.75 Å². The highest BCUT2D eigenvalue weighted by molar-refractivity contribution is 5.98. The fourth-order valence-electron chi connectivity index (χ4n) is 1.91. The standard InChI is InChI=1S/C15H16FN3O2/c1-9-2-3-10(15(17)19-21)6-13(9)18-8-11-4-5-12(16)7-14(11)20/h2-7,18,20-21H,8H2,1H3,(H2,17,19). The molecule has 0 aliphatic carbocycles. The van der Waals surface area contributed by atoms with Gasteiger partial charge in [-0.1, -0.05) is 23.4 Å². The van der Waals surface area contributed by atoms with Crippen LogP contribution in [0.25, 0.3) is 0 Å². The van der Waals surface area contributed by atoms with Crippen LogP contribution >= 0.6 is 0 Å². The van der Waals surface area contributed by atoms with Gasteiger partial charge in [-0.05, 0) is 24.6 Å². The van der Waals surface area contributed by atoms with Crippen LogP contribution in [0, 0.1) is 12.7 Å². The fraction of sp³-hybridized carbons (Fsp3) is 0.133. The Hall–Kier alpha value is -2.76. The quantitative estimate of drug-likeness (QED) is 0.301. The molecule has 0 saturated heterocycles. The van der Waals surface area contributed by atoms with E-state index in [0.29, 0.717) is 17.7 Å². The van der Waals surface area contributed by atoms with Crippen LogP contribution in [-0.2, 0) is 6.54 Å². The number of anilines is 1. The number of nitrogens with zero attached hydrogens (tertiary/aromatic N) is 1. The van der Waals surface area contributed by atoms with Crippen LogP contribution in [0.2, 0.25) is 0 Å². The average Bonchev–Trinajstić information content (AvgIpc) is 2.47. The smallest absolute Gasteiger partial charge is 0.170 e. The lowest BCUT2D eigenvalue weighted by atomic mass is 10.1. The predicted octanol–water partition coefficient (Wildman–Crippen LogP) is 2.55. The molecule has 5 nitrogen and oxygen atoms in total. The zero-order chi connectivity index (χ0) is 15.4. The van der Waals surface area contributed by atoms with Gasteiger partial charge >= 0.3 is 0 Å². The summed E-state index contributed by atoms with van der Waals surface area (Å²) in [7, 11) is 0. The highest BCUT2D eigenvalue weighted by atomic mass is 19.1. The Labute approximate surface area is 121 Å². The van der Waals surface area contributed by atoms with Crippen molar-refractivity contribution < 1.29 is 14.7 Å². The van der Waals surface area contributed by atoms with Crippen molar-refractivity contribution in [1.29, 1.82) is 0 Å². The summed E-state index contributed by atoms with van der Waals surface area (Å²) in [5.41, 5.74) is 8.45. The number of hydrogen-bond acceptors (Lipinski definition) is 4. The van der Waals surface area contributed by atoms with Crippen molar-refractivity contribution in [2.45, 2.75) is 13.5 Å². The van der Waals surface area contributed by atoms with E-state index in [4.69, 9.17) is 10.9 Å². The van der Waals surface area contributed by atoms with E-state index >= 15 is 0 Å². The molecule has 2 rings (SSSR count). The van der Waals surface area contributed by atoms with Gasteiger partial charge in [0.25, 0.3) is 0 Å². The van der Waals surface area contributed by atoms with E-state index in [9.17, 15) is 9.50 Å². The summed E-state index contributed by atoms with van der Waals surface area (Å²) in [6.45, 7) is 2.23. The topological polar surface area (TPSA) is 90.9 Å². The maximum Gasteiger partial charge on any atom is 0.170 e. The predicted molar refractivity (Wildman–Crippen MR) is 79.1 cm³/mol. The highest BCUT2D eigenvalue weighted by Crippen LogP contribution is 2.22. The van der Waals surface area contributed by atoms with Crippen LogP contribution in [-0.4, -0.2) is 16.1 Å². The molecule has 0 saturated carbocycles. The molecular formula is C15H16FN3O2. The molecule has 21 heavy (non-hydrogen) atoms. The number of aromatic hydroxyl groups is 1. The molecule has 2 aromatic rings. The number of hydrogen-bond donors (Lipinski definition) is 4. The number of rotatable bonds is 4. The Morgan fingerprint density at radius 1 is 1.29 bits per heavy atom. The second kappa shape index (κ2) is 6.13. The van der Waals surface area contributed by atoms with Gasteiger partial charge < -0.3 is 21.4 Å². The largest absolute Gasteiger partial charge is 0.507 e. The molecule has 0 atom stereocenters. The minimum atomic E-state index is -0.485. The Balaban J connectivity index is 2.19. The summed E-state index contributed by atoms with van der Waals surface area (Å²) in [6, 6.07) is 9.18. The van der Waals surface area contributed by atoms with Gasteiger partial charge in [0.15, 0.2) is 5.84 Å². The number of aryl methyl sites for hydroxylation is 1. The van der Waals surface area contributed by atoms with Crippen molar-refractivity contribution in [3.05, 3.63) is 58.9 Å². The van der Waals surface area contributed by atoms with E-state index in [1.807, 2.05) is 13.0 Å². The Morgan fingerprint density at radius 2 is 2.05 bits per heavy atom. The molecule has 0 radical (unpaired) electrons. The molecule has 0 aliphatic rings. The Bertz CT molecular complexity index is 687. The Kier molecular flexibility index (Phi) is 4.27. The molecule has 2 aromatic carbocycles. The van der Waals surface area contributed by atoms with Gasteiger partial charge in [-0.2, -0.15) is 0 Å². The van der Waals surface area contributed by atoms with Crippen molar-refractivity contribution in [2.24, 2.45) is 10.9 Å². The van der Waals surface area contributed by atoms with Crippen LogP contribution in [0.5, 0.6) is 5.75 Å². The third-order valence-electron chi connectivity index (χ3n) is 3.16. The zero-order valence-corrected chi connectivity index (χ0v) is 11.5. The van der Waals surface area contributed by atoms with Gasteiger partial charge in [-0.3, -0.25) is 0 Å². The van der Waals surface area contributed by atoms with Crippen molar-refractivity contribution >= 4 is 11.5 Å². The molecule has 0 unspecified atom stereocenters. The summed E-state index contributed by atoms with van der Waals surface area (Å²) in [5.74, 6) is -0.572. The second-order valence-electron chi connectivity index (χ2n) is 4.64. The van der Waals surface area contributed by atoms with Gasteiger partial charge in [0, 0.05) is 29.4 Å². The molecule has 0 aliphatic heterocycles. The minimum absolute atomic E-state index is 0.0164. The summed E-state index contributed by atoms with van der Waals surface area (Å²) in [5, 5.41) is 24.5. The number of phenolic OH excluding ortho intramolecular Hbond substituents is 1. The maximum atomic E-state index is 12.9. The van der Waals surface area contributed by atoms with Crippen molar-refractivity contribution in [2.75, 3.05) is 5.32 Å². The molecule has 6 heteroatoms. The number of oxime groups is 1. The van der Waals surface area contributed by atoms with Gasteiger partial charge in [-0.15, -0.1) is 0 Å². The summed E-state index contributed by atoms with van der Waals surface area (Å²) in [6.07, 6.45) is 0. The van der Waals surface area contributed by atoms with Gasteiger partial charge in [-0.25, -0.2) is 4.39 Å². The first kappa shape index (κ1) is 14.6. The van der Waals surface area contributed by atoms with Gasteiger partial charge in [0.2, 0.25) is 0 Å².